The number of hydrogen-bond acceptors (Lipinski definition) is 6. The van der Waals surface area contributed by atoms with Gasteiger partial charge >= 0.3 is 17.1 Å². The molecule has 4 N–H and O–H groups in total. The van der Waals surface area contributed by atoms with Crippen molar-refractivity contribution in [3.05, 3.63) is 20.7 Å². The smallest absolute Gasteiger partial charge is 0.339 e. The zero-order valence-corrected chi connectivity index (χ0v) is 9.15. The third-order valence-corrected chi connectivity index (χ3v) is 2.81. The van der Waals surface area contributed by atoms with Crippen LogP contribution < -0.4 is 16.9 Å². The van der Waals surface area contributed by atoms with Gasteiger partial charge in [-0.3, -0.25) is 24.2 Å². The number of thioether (sulfide) groups is 1. The highest BCUT2D eigenvalue weighted by atomic mass is 32.2. The van der Waals surface area contributed by atoms with Crippen molar-refractivity contribution in [2.24, 2.45) is 12.8 Å². The lowest BCUT2D eigenvalue weighted by atomic mass is 10.4. The molecule has 1 heterocycles. The number of rotatable bonds is 4. The lowest BCUT2D eigenvalue weighted by Crippen LogP contribution is -2.35. The van der Waals surface area contributed by atoms with Crippen LogP contribution in [0.15, 0.2) is 14.7 Å². The molecule has 0 radical (unpaired) electrons. The third kappa shape index (κ3) is 2.94. The van der Waals surface area contributed by atoms with Gasteiger partial charge in [-0.1, -0.05) is 11.8 Å². The number of nitrogens with zero attached hydrogens (tertiary/aromatic N) is 2. The summed E-state index contributed by atoms with van der Waals surface area (Å²) in [4.78, 5) is 35.7. The van der Waals surface area contributed by atoms with E-state index < -0.39 is 23.1 Å². The number of carbonyl (C=O) groups is 1. The van der Waals surface area contributed by atoms with E-state index in [4.69, 9.17) is 10.8 Å². The maximum atomic E-state index is 10.9. The Labute approximate surface area is 93.5 Å². The Kier molecular flexibility index (Phi) is 3.85. The minimum absolute atomic E-state index is 0.0572. The second kappa shape index (κ2) is 4.94. The predicted molar refractivity (Wildman–Crippen MR) is 56.4 cm³/mol. The summed E-state index contributed by atoms with van der Waals surface area (Å²) in [7, 11) is 1.49. The van der Waals surface area contributed by atoms with E-state index in [0.717, 1.165) is 11.8 Å². The summed E-state index contributed by atoms with van der Waals surface area (Å²) in [5.41, 5.74) is 3.54. The molecule has 0 fully saturated rings. The Balaban J connectivity index is 2.83. The van der Waals surface area contributed by atoms with Crippen LogP contribution in [0.4, 0.5) is 0 Å². The molecule has 1 atom stereocenters. The molecule has 1 rings (SSSR count). The molecule has 0 aromatic carbocycles. The van der Waals surface area contributed by atoms with Crippen molar-refractivity contribution in [2.45, 2.75) is 11.2 Å². The highest BCUT2D eigenvalue weighted by molar-refractivity contribution is 7.99. The van der Waals surface area contributed by atoms with Gasteiger partial charge in [0.1, 0.15) is 6.04 Å². The molecule has 0 amide bonds. The van der Waals surface area contributed by atoms with Crippen LogP contribution in [0.3, 0.4) is 0 Å². The van der Waals surface area contributed by atoms with Gasteiger partial charge in [0.2, 0.25) is 0 Å². The first-order valence-electron chi connectivity index (χ1n) is 4.20. The van der Waals surface area contributed by atoms with Gasteiger partial charge < -0.3 is 10.8 Å². The molecule has 0 aliphatic carbocycles. The van der Waals surface area contributed by atoms with E-state index >= 15 is 0 Å². The standard InChI is InChI=1S/C7H10N4O4S/c1-11-7(9-4(12)5(13)10-11)16-2-3(8)6(14)15/h3H,2,8H2,1H3,(H,10,13)(H,14,15). The van der Waals surface area contributed by atoms with E-state index in [-0.39, 0.29) is 10.9 Å². The van der Waals surface area contributed by atoms with Gasteiger partial charge in [-0.2, -0.15) is 4.98 Å². The predicted octanol–water partition coefficient (Wildman–Crippen LogP) is -2.03. The van der Waals surface area contributed by atoms with Crippen LogP contribution in [0.5, 0.6) is 0 Å². The molecule has 1 aromatic heterocycles. The fraction of sp³-hybridized carbons (Fsp3) is 0.429. The zero-order chi connectivity index (χ0) is 12.3. The van der Waals surface area contributed by atoms with Crippen LogP contribution in [0.25, 0.3) is 0 Å². The number of aliphatic carboxylic acids is 1. The number of carboxylic acid groups (broad SMARTS) is 1. The topological polar surface area (TPSA) is 131 Å². The summed E-state index contributed by atoms with van der Waals surface area (Å²) in [6.07, 6.45) is 0. The molecule has 0 saturated heterocycles. The molecule has 1 aromatic rings. The summed E-state index contributed by atoms with van der Waals surface area (Å²) in [5.74, 6) is -1.08. The van der Waals surface area contributed by atoms with Crippen LogP contribution in [0.1, 0.15) is 0 Å². The highest BCUT2D eigenvalue weighted by Gasteiger charge is 2.13. The quantitative estimate of drug-likeness (QED) is 0.412. The fourth-order valence-corrected chi connectivity index (χ4v) is 1.68. The maximum Gasteiger partial charge on any atom is 0.339 e. The molecule has 8 nitrogen and oxygen atoms in total. The Morgan fingerprint density at radius 1 is 1.69 bits per heavy atom. The molecule has 0 bridgehead atoms. The molecule has 1 unspecified atom stereocenters. The molecular formula is C7H10N4O4S. The Bertz CT molecular complexity index is 508. The van der Waals surface area contributed by atoms with Gasteiger partial charge in [-0.15, -0.1) is 0 Å². The van der Waals surface area contributed by atoms with Crippen molar-refractivity contribution in [1.29, 1.82) is 0 Å². The van der Waals surface area contributed by atoms with Gasteiger partial charge in [0.05, 0.1) is 0 Å². The average molecular weight is 246 g/mol. The molecule has 0 spiro atoms. The van der Waals surface area contributed by atoms with Crippen LogP contribution >= 0.6 is 11.8 Å². The van der Waals surface area contributed by atoms with E-state index in [9.17, 15) is 14.4 Å². The Morgan fingerprint density at radius 2 is 2.31 bits per heavy atom. The SMILES string of the molecule is Cn1[nH]c(=O)c(=O)nc1SCC(N)C(=O)O. The number of H-pyrrole nitrogens is 1. The Hall–Kier alpha value is -1.61. The van der Waals surface area contributed by atoms with E-state index in [0.29, 0.717) is 0 Å². The van der Waals surface area contributed by atoms with Crippen molar-refractivity contribution >= 4 is 17.7 Å². The molecule has 88 valence electrons. The second-order valence-electron chi connectivity index (χ2n) is 2.96. The molecule has 9 heteroatoms. The summed E-state index contributed by atoms with van der Waals surface area (Å²) in [5, 5.41) is 11.0. The van der Waals surface area contributed by atoms with E-state index in [2.05, 4.69) is 10.1 Å². The first kappa shape index (κ1) is 12.5. The number of hydrogen-bond donors (Lipinski definition) is 3. The average Bonchev–Trinajstić information content (AvgIpc) is 2.20. The Morgan fingerprint density at radius 3 is 2.88 bits per heavy atom. The third-order valence-electron chi connectivity index (χ3n) is 1.66. The molecular weight excluding hydrogens is 236 g/mol. The molecule has 0 saturated carbocycles. The van der Waals surface area contributed by atoms with Crippen molar-refractivity contribution in [1.82, 2.24) is 14.8 Å². The second-order valence-corrected chi connectivity index (χ2v) is 3.94. The minimum atomic E-state index is -1.14. The number of aromatic amines is 1. The van der Waals surface area contributed by atoms with Crippen molar-refractivity contribution in [3.8, 4) is 0 Å². The fourth-order valence-electron chi connectivity index (χ4n) is 0.825. The van der Waals surface area contributed by atoms with Crippen LogP contribution in [0.2, 0.25) is 0 Å². The number of nitrogens with one attached hydrogen (secondary N) is 1. The number of aromatic nitrogens is 3. The minimum Gasteiger partial charge on any atom is -0.480 e. The molecule has 0 aliphatic rings. The summed E-state index contributed by atoms with van der Waals surface area (Å²) in [6, 6.07) is -1.05. The number of nitrogens with two attached hydrogens (primary N) is 1. The van der Waals surface area contributed by atoms with E-state index in [1.807, 2.05) is 0 Å². The monoisotopic (exact) mass is 246 g/mol. The van der Waals surface area contributed by atoms with Gasteiger partial charge in [0, 0.05) is 12.8 Å². The van der Waals surface area contributed by atoms with Crippen LogP contribution in [-0.2, 0) is 11.8 Å². The summed E-state index contributed by atoms with van der Waals surface area (Å²) >= 11 is 0.982. The molecule has 16 heavy (non-hydrogen) atoms. The summed E-state index contributed by atoms with van der Waals surface area (Å²) < 4.78 is 1.24. The normalized spacial score (nSPS) is 12.4. The van der Waals surface area contributed by atoms with Crippen LogP contribution in [-0.4, -0.2) is 37.6 Å². The van der Waals surface area contributed by atoms with E-state index in [1.165, 1.54) is 11.7 Å². The van der Waals surface area contributed by atoms with Gasteiger partial charge in [-0.05, 0) is 0 Å². The number of aryl methyl sites for hydroxylation is 1. The van der Waals surface area contributed by atoms with Crippen molar-refractivity contribution in [3.63, 3.8) is 0 Å². The number of carboxylic acids is 1. The zero-order valence-electron chi connectivity index (χ0n) is 8.34. The summed E-state index contributed by atoms with van der Waals surface area (Å²) in [6.45, 7) is 0. The highest BCUT2D eigenvalue weighted by Crippen LogP contribution is 2.11. The maximum absolute atomic E-state index is 10.9. The van der Waals surface area contributed by atoms with Gasteiger partial charge in [0.25, 0.3) is 0 Å². The van der Waals surface area contributed by atoms with E-state index in [1.54, 1.807) is 0 Å². The lowest BCUT2D eigenvalue weighted by Gasteiger charge is -2.07. The first-order valence-corrected chi connectivity index (χ1v) is 5.19. The van der Waals surface area contributed by atoms with Gasteiger partial charge in [-0.25, -0.2) is 0 Å². The first-order chi connectivity index (χ1) is 7.41. The van der Waals surface area contributed by atoms with Crippen LogP contribution in [0, 0.1) is 0 Å². The van der Waals surface area contributed by atoms with Crippen molar-refractivity contribution < 1.29 is 9.90 Å². The molecule has 0 aliphatic heterocycles. The largest absolute Gasteiger partial charge is 0.480 e. The van der Waals surface area contributed by atoms with Gasteiger partial charge in [0.15, 0.2) is 5.16 Å². The lowest BCUT2D eigenvalue weighted by molar-refractivity contribution is -0.137. The van der Waals surface area contributed by atoms with Crippen molar-refractivity contribution in [2.75, 3.05) is 5.75 Å².